The van der Waals surface area contributed by atoms with Crippen LogP contribution >= 0.6 is 0 Å². The Morgan fingerprint density at radius 3 is 2.64 bits per heavy atom. The van der Waals surface area contributed by atoms with E-state index in [1.54, 1.807) is 44.6 Å². The minimum atomic E-state index is -0.656. The van der Waals surface area contributed by atoms with E-state index in [4.69, 9.17) is 18.6 Å². The van der Waals surface area contributed by atoms with Crippen LogP contribution in [-0.2, 0) is 11.3 Å². The predicted octanol–water partition coefficient (Wildman–Crippen LogP) is 2.10. The van der Waals surface area contributed by atoms with Crippen LogP contribution in [0.5, 0.6) is 17.2 Å². The maximum Gasteiger partial charge on any atom is 0.373 e. The number of aliphatic hydroxyl groups is 1. The molecule has 2 atom stereocenters. The molecule has 152 valence electrons. The fourth-order valence-corrected chi connectivity index (χ4v) is 3.21. The van der Waals surface area contributed by atoms with Crippen LogP contribution in [0.2, 0.25) is 0 Å². The van der Waals surface area contributed by atoms with Gasteiger partial charge in [-0.05, 0) is 30.7 Å². The highest BCUT2D eigenvalue weighted by Gasteiger charge is 2.30. The van der Waals surface area contributed by atoms with Gasteiger partial charge in [-0.25, -0.2) is 4.79 Å². The standard InChI is InChI=1S/C20H25NO7/c1-24-17-6-4-13(10-19(17)25-2)27-16-8-9-21(12-15(16)22)11-14-5-7-18(28-14)20(23)26-3/h4-7,10,15-16,22H,8-9,11-12H2,1-3H3/t15-,16-/m1/s1. The van der Waals surface area contributed by atoms with Crippen LogP contribution in [0.15, 0.2) is 34.7 Å². The molecule has 1 aliphatic rings. The summed E-state index contributed by atoms with van der Waals surface area (Å²) in [5, 5.41) is 10.5. The van der Waals surface area contributed by atoms with E-state index >= 15 is 0 Å². The van der Waals surface area contributed by atoms with Gasteiger partial charge in [-0.15, -0.1) is 0 Å². The summed E-state index contributed by atoms with van der Waals surface area (Å²) in [6, 6.07) is 8.63. The van der Waals surface area contributed by atoms with Gasteiger partial charge in [0, 0.05) is 19.2 Å². The van der Waals surface area contributed by atoms with E-state index in [2.05, 4.69) is 9.64 Å². The molecule has 2 aromatic rings. The molecule has 0 amide bonds. The van der Waals surface area contributed by atoms with Gasteiger partial charge in [0.15, 0.2) is 11.5 Å². The smallest absolute Gasteiger partial charge is 0.373 e. The molecule has 0 aliphatic carbocycles. The number of piperidine rings is 1. The predicted molar refractivity (Wildman–Crippen MR) is 99.9 cm³/mol. The fraction of sp³-hybridized carbons (Fsp3) is 0.450. The summed E-state index contributed by atoms with van der Waals surface area (Å²) in [6.45, 7) is 1.66. The Hall–Kier alpha value is -2.71. The molecule has 1 N–H and O–H groups in total. The van der Waals surface area contributed by atoms with Gasteiger partial charge in [-0.1, -0.05) is 0 Å². The van der Waals surface area contributed by atoms with Crippen LogP contribution in [0, 0.1) is 0 Å². The second-order valence-corrected chi connectivity index (χ2v) is 6.52. The molecule has 8 nitrogen and oxygen atoms in total. The number of hydrogen-bond donors (Lipinski definition) is 1. The van der Waals surface area contributed by atoms with Crippen molar-refractivity contribution in [3.8, 4) is 17.2 Å². The van der Waals surface area contributed by atoms with Gasteiger partial charge >= 0.3 is 5.97 Å². The van der Waals surface area contributed by atoms with Crippen molar-refractivity contribution in [3.05, 3.63) is 41.9 Å². The fourth-order valence-electron chi connectivity index (χ4n) is 3.21. The number of benzene rings is 1. The zero-order valence-corrected chi connectivity index (χ0v) is 16.2. The number of likely N-dealkylation sites (tertiary alicyclic amines) is 1. The normalized spacial score (nSPS) is 19.9. The van der Waals surface area contributed by atoms with Crippen molar-refractivity contribution in [1.29, 1.82) is 0 Å². The second-order valence-electron chi connectivity index (χ2n) is 6.52. The van der Waals surface area contributed by atoms with Crippen LogP contribution in [0.1, 0.15) is 22.7 Å². The lowest BCUT2D eigenvalue weighted by Gasteiger charge is -2.35. The van der Waals surface area contributed by atoms with Crippen LogP contribution in [0.3, 0.4) is 0 Å². The van der Waals surface area contributed by atoms with Gasteiger partial charge in [-0.3, -0.25) is 4.90 Å². The Balaban J connectivity index is 1.56. The highest BCUT2D eigenvalue weighted by Crippen LogP contribution is 2.32. The molecule has 28 heavy (non-hydrogen) atoms. The average Bonchev–Trinajstić information content (AvgIpc) is 3.17. The molecule has 8 heteroatoms. The first-order valence-corrected chi connectivity index (χ1v) is 9.00. The van der Waals surface area contributed by atoms with Crippen molar-refractivity contribution < 1.29 is 33.3 Å². The zero-order chi connectivity index (χ0) is 20.1. The molecular weight excluding hydrogens is 366 g/mol. The highest BCUT2D eigenvalue weighted by atomic mass is 16.5. The third-order valence-electron chi connectivity index (χ3n) is 4.67. The van der Waals surface area contributed by atoms with E-state index < -0.39 is 12.1 Å². The van der Waals surface area contributed by atoms with E-state index in [-0.39, 0.29) is 11.9 Å². The van der Waals surface area contributed by atoms with E-state index in [1.807, 2.05) is 0 Å². The van der Waals surface area contributed by atoms with E-state index in [0.717, 1.165) is 6.54 Å². The zero-order valence-electron chi connectivity index (χ0n) is 16.2. The summed E-state index contributed by atoms with van der Waals surface area (Å²) in [6.07, 6.45) is -0.325. The summed E-state index contributed by atoms with van der Waals surface area (Å²) >= 11 is 0. The first-order valence-electron chi connectivity index (χ1n) is 9.00. The molecular formula is C20H25NO7. The number of esters is 1. The quantitative estimate of drug-likeness (QED) is 0.718. The Bertz CT molecular complexity index is 804. The second kappa shape index (κ2) is 8.99. The van der Waals surface area contributed by atoms with Gasteiger partial charge in [0.1, 0.15) is 23.7 Å². The number of furan rings is 1. The maximum atomic E-state index is 11.5. The molecule has 1 fully saturated rings. The van der Waals surface area contributed by atoms with Gasteiger partial charge in [0.2, 0.25) is 5.76 Å². The SMILES string of the molecule is COC(=O)c1ccc(CN2CC[C@@H](Oc3ccc(OC)c(OC)c3)[C@H](O)C2)o1. The molecule has 0 radical (unpaired) electrons. The first kappa shape index (κ1) is 20.0. The molecule has 0 spiro atoms. The number of aliphatic hydroxyl groups excluding tert-OH is 1. The Morgan fingerprint density at radius 2 is 1.96 bits per heavy atom. The van der Waals surface area contributed by atoms with Gasteiger partial charge in [0.25, 0.3) is 0 Å². The summed E-state index contributed by atoms with van der Waals surface area (Å²) in [5.41, 5.74) is 0. The van der Waals surface area contributed by atoms with Gasteiger partial charge in [-0.2, -0.15) is 0 Å². The lowest BCUT2D eigenvalue weighted by Crippen LogP contribution is -2.48. The first-order chi connectivity index (χ1) is 13.5. The van der Waals surface area contributed by atoms with Gasteiger partial charge in [0.05, 0.1) is 27.9 Å². The number of nitrogens with zero attached hydrogens (tertiary/aromatic N) is 1. The van der Waals surface area contributed by atoms with Crippen LogP contribution in [0.4, 0.5) is 0 Å². The van der Waals surface area contributed by atoms with E-state index in [0.29, 0.717) is 42.5 Å². The van der Waals surface area contributed by atoms with Crippen LogP contribution in [-0.4, -0.2) is 62.6 Å². The largest absolute Gasteiger partial charge is 0.493 e. The number of hydrogen-bond acceptors (Lipinski definition) is 8. The lowest BCUT2D eigenvalue weighted by molar-refractivity contribution is -0.0290. The third kappa shape index (κ3) is 4.58. The molecule has 0 bridgehead atoms. The van der Waals surface area contributed by atoms with Gasteiger partial charge < -0.3 is 28.5 Å². The minimum absolute atomic E-state index is 0.171. The summed E-state index contributed by atoms with van der Waals surface area (Å²) in [7, 11) is 4.45. The van der Waals surface area contributed by atoms with Crippen molar-refractivity contribution in [3.63, 3.8) is 0 Å². The molecule has 1 aromatic carbocycles. The van der Waals surface area contributed by atoms with Crippen LogP contribution in [0.25, 0.3) is 0 Å². The van der Waals surface area contributed by atoms with Crippen molar-refractivity contribution in [2.45, 2.75) is 25.2 Å². The van der Waals surface area contributed by atoms with Crippen molar-refractivity contribution in [2.75, 3.05) is 34.4 Å². The lowest BCUT2D eigenvalue weighted by atomic mass is 10.0. The summed E-state index contributed by atoms with van der Waals surface area (Å²) in [5.74, 6) is 2.12. The topological polar surface area (TPSA) is 90.6 Å². The summed E-state index contributed by atoms with van der Waals surface area (Å²) in [4.78, 5) is 13.5. The molecule has 0 unspecified atom stereocenters. The number of carbonyl (C=O) groups excluding carboxylic acids is 1. The molecule has 1 aliphatic heterocycles. The maximum absolute atomic E-state index is 11.5. The Kier molecular flexibility index (Phi) is 6.43. The molecule has 1 saturated heterocycles. The van der Waals surface area contributed by atoms with Crippen molar-refractivity contribution in [1.82, 2.24) is 4.90 Å². The number of rotatable bonds is 7. The molecule has 0 saturated carbocycles. The number of β-amino-alcohol motifs (C(OH)–C–C–N with tert-alkyl or cyclic N) is 1. The average molecular weight is 391 g/mol. The number of carbonyl (C=O) groups is 1. The third-order valence-corrected chi connectivity index (χ3v) is 4.67. The van der Waals surface area contributed by atoms with Crippen molar-refractivity contribution in [2.24, 2.45) is 0 Å². The monoisotopic (exact) mass is 391 g/mol. The van der Waals surface area contributed by atoms with E-state index in [9.17, 15) is 9.90 Å². The number of methoxy groups -OCH3 is 3. The van der Waals surface area contributed by atoms with Crippen LogP contribution < -0.4 is 14.2 Å². The number of ether oxygens (including phenoxy) is 4. The highest BCUT2D eigenvalue weighted by molar-refractivity contribution is 5.86. The molecule has 3 rings (SSSR count). The van der Waals surface area contributed by atoms with E-state index in [1.165, 1.54) is 7.11 Å². The Morgan fingerprint density at radius 1 is 1.18 bits per heavy atom. The molecule has 1 aromatic heterocycles. The Labute approximate surface area is 163 Å². The molecule has 2 heterocycles. The minimum Gasteiger partial charge on any atom is -0.493 e. The van der Waals surface area contributed by atoms with Crippen molar-refractivity contribution >= 4 is 5.97 Å². The summed E-state index contributed by atoms with van der Waals surface area (Å²) < 4.78 is 26.6.